The largest absolute Gasteiger partial charge is 0.357 e. The number of nitrogens with zero attached hydrogens (tertiary/aromatic N) is 5. The molecule has 0 saturated heterocycles. The summed E-state index contributed by atoms with van der Waals surface area (Å²) in [7, 11) is 0. The lowest BCUT2D eigenvalue weighted by Crippen LogP contribution is -2.47. The predicted octanol–water partition coefficient (Wildman–Crippen LogP) is 12.2. The molecule has 6 unspecified atom stereocenters. The van der Waals surface area contributed by atoms with Gasteiger partial charge >= 0.3 is 0 Å². The van der Waals surface area contributed by atoms with Gasteiger partial charge < -0.3 is 9.80 Å². The van der Waals surface area contributed by atoms with E-state index in [0.717, 1.165) is 23.4 Å². The monoisotopic (exact) mass is 777 g/mol. The maximum absolute atomic E-state index is 5.51. The first-order valence-corrected chi connectivity index (χ1v) is 21.3. The molecule has 5 aromatic carbocycles. The van der Waals surface area contributed by atoms with Gasteiger partial charge in [0.1, 0.15) is 5.82 Å². The highest BCUT2D eigenvalue weighted by Crippen LogP contribution is 2.54. The van der Waals surface area contributed by atoms with E-state index >= 15 is 0 Å². The molecule has 0 N–H and O–H groups in total. The highest BCUT2D eigenvalue weighted by Gasteiger charge is 2.49. The molecule has 60 heavy (non-hydrogen) atoms. The second-order valence-corrected chi connectivity index (χ2v) is 17.0. The number of rotatable bonds is 5. The van der Waals surface area contributed by atoms with Crippen LogP contribution in [0.15, 0.2) is 199 Å². The fourth-order valence-corrected chi connectivity index (χ4v) is 10.7. The van der Waals surface area contributed by atoms with Crippen molar-refractivity contribution >= 4 is 11.4 Å². The molecule has 0 radical (unpaired) electrons. The molecule has 1 aromatic heterocycles. The molecule has 292 valence electrons. The summed E-state index contributed by atoms with van der Waals surface area (Å²) in [6.45, 7) is 6.97. The summed E-state index contributed by atoms with van der Waals surface area (Å²) in [5.41, 5.74) is 13.3. The number of aryl methyl sites for hydroxylation is 1. The molecular formula is C55H47N5. The van der Waals surface area contributed by atoms with E-state index in [0.29, 0.717) is 11.6 Å². The third-order valence-electron chi connectivity index (χ3n) is 13.5. The van der Waals surface area contributed by atoms with E-state index in [1.165, 1.54) is 50.5 Å². The van der Waals surface area contributed by atoms with Crippen LogP contribution >= 0.6 is 0 Å². The Bertz CT molecular complexity index is 2770. The lowest BCUT2D eigenvalue weighted by Gasteiger charge is -2.43. The van der Waals surface area contributed by atoms with E-state index in [2.05, 4.69) is 207 Å². The van der Waals surface area contributed by atoms with Gasteiger partial charge in [-0.05, 0) is 67.2 Å². The molecule has 3 aliphatic carbocycles. The molecule has 5 heteroatoms. The van der Waals surface area contributed by atoms with Crippen LogP contribution in [0.25, 0.3) is 33.9 Å². The van der Waals surface area contributed by atoms with E-state index in [9.17, 15) is 0 Å². The average molecular weight is 778 g/mol. The van der Waals surface area contributed by atoms with Crippen LogP contribution in [0.5, 0.6) is 0 Å². The van der Waals surface area contributed by atoms with E-state index in [4.69, 9.17) is 15.0 Å². The molecule has 0 spiro atoms. The standard InChI is InChI=1S/C55H47N5/c1-36-19-16-28-43-41-26-10-11-27-42(41)44-29-17-20-37(2)51(44)60(50(36)43)47-32-18-25-40(59-48-31-13-12-30-46(48)55(3)34-15-14-33-49(55)59)35-45(47)54-57-52(38-21-6-4-7-22-38)56-53(58-54)39-23-8-5-9-24-39/h4-34,40,43,45,49-50H,35H2,1-3H3. The Kier molecular flexibility index (Phi) is 8.73. The van der Waals surface area contributed by atoms with Crippen LogP contribution in [0.4, 0.5) is 11.4 Å². The van der Waals surface area contributed by atoms with Crippen molar-refractivity contribution in [1.82, 2.24) is 15.0 Å². The van der Waals surface area contributed by atoms with Crippen molar-refractivity contribution in [3.63, 3.8) is 0 Å². The first kappa shape index (κ1) is 36.2. The maximum atomic E-state index is 5.51. The molecule has 5 nitrogen and oxygen atoms in total. The molecule has 5 aliphatic rings. The molecule has 6 atom stereocenters. The molecule has 0 saturated carbocycles. The van der Waals surface area contributed by atoms with Gasteiger partial charge in [-0.15, -0.1) is 0 Å². The number of allylic oxidation sites excluding steroid dienone is 7. The topological polar surface area (TPSA) is 45.2 Å². The minimum Gasteiger partial charge on any atom is -0.357 e. The van der Waals surface area contributed by atoms with Gasteiger partial charge in [0, 0.05) is 45.4 Å². The fourth-order valence-electron chi connectivity index (χ4n) is 10.7. The lowest BCUT2D eigenvalue weighted by atomic mass is 9.76. The van der Waals surface area contributed by atoms with Gasteiger partial charge in [0.2, 0.25) is 0 Å². The number of benzene rings is 5. The van der Waals surface area contributed by atoms with Crippen molar-refractivity contribution in [2.45, 2.75) is 62.6 Å². The lowest BCUT2D eigenvalue weighted by molar-refractivity contribution is 0.474. The minimum atomic E-state index is -0.215. The van der Waals surface area contributed by atoms with Crippen LogP contribution in [0, 0.1) is 6.92 Å². The molecular weight excluding hydrogens is 731 g/mol. The molecule has 0 fully saturated rings. The highest BCUT2D eigenvalue weighted by molar-refractivity contribution is 5.87. The van der Waals surface area contributed by atoms with Crippen molar-refractivity contribution in [3.05, 3.63) is 222 Å². The van der Waals surface area contributed by atoms with Gasteiger partial charge in [-0.2, -0.15) is 0 Å². The minimum absolute atomic E-state index is 0.0310. The van der Waals surface area contributed by atoms with Crippen molar-refractivity contribution in [2.75, 3.05) is 9.80 Å². The first-order valence-electron chi connectivity index (χ1n) is 21.3. The summed E-state index contributed by atoms with van der Waals surface area (Å²) in [6, 6.07) is 45.8. The number of aromatic nitrogens is 3. The third-order valence-corrected chi connectivity index (χ3v) is 13.5. The average Bonchev–Trinajstić information content (AvgIpc) is 3.39. The SMILES string of the molecule is CC1=CC=CC2c3ccccc3-c3cccc(C)c3N(C3=CC=CC(N4c5ccccc5C5(C)C=CC=CC45)CC3c3nc(-c4ccccc4)nc(-c4ccccc4)n3)C12. The number of fused-ring (bicyclic) bond motifs is 8. The van der Waals surface area contributed by atoms with Crippen LogP contribution in [0.2, 0.25) is 0 Å². The molecule has 3 heterocycles. The summed E-state index contributed by atoms with van der Waals surface area (Å²) in [5, 5.41) is 0. The van der Waals surface area contributed by atoms with E-state index in [1.807, 2.05) is 12.1 Å². The Labute approximate surface area is 353 Å². The zero-order chi connectivity index (χ0) is 40.4. The van der Waals surface area contributed by atoms with Crippen molar-refractivity contribution in [2.24, 2.45) is 0 Å². The fraction of sp³-hybridized carbons (Fsp3) is 0.182. The summed E-state index contributed by atoms with van der Waals surface area (Å²) < 4.78 is 0. The first-order chi connectivity index (χ1) is 29.5. The van der Waals surface area contributed by atoms with E-state index in [1.54, 1.807) is 0 Å². The van der Waals surface area contributed by atoms with E-state index in [-0.39, 0.29) is 35.4 Å². The molecule has 11 rings (SSSR count). The van der Waals surface area contributed by atoms with Gasteiger partial charge in [0.25, 0.3) is 0 Å². The number of anilines is 2. The van der Waals surface area contributed by atoms with E-state index < -0.39 is 0 Å². The Hall–Kier alpha value is -6.85. The Balaban J connectivity index is 1.15. The zero-order valence-corrected chi connectivity index (χ0v) is 34.2. The predicted molar refractivity (Wildman–Crippen MR) is 246 cm³/mol. The second-order valence-electron chi connectivity index (χ2n) is 17.0. The van der Waals surface area contributed by atoms with Crippen molar-refractivity contribution < 1.29 is 0 Å². The van der Waals surface area contributed by atoms with Crippen LogP contribution in [-0.2, 0) is 5.41 Å². The number of hydrogen-bond donors (Lipinski definition) is 0. The number of para-hydroxylation sites is 2. The smallest absolute Gasteiger partial charge is 0.163 e. The summed E-state index contributed by atoms with van der Waals surface area (Å²) >= 11 is 0. The van der Waals surface area contributed by atoms with Crippen molar-refractivity contribution in [3.8, 4) is 33.9 Å². The normalized spacial score (nSPS) is 24.6. The summed E-state index contributed by atoms with van der Waals surface area (Å²) in [4.78, 5) is 21.6. The highest BCUT2D eigenvalue weighted by atomic mass is 15.2. The van der Waals surface area contributed by atoms with Crippen LogP contribution in [0.1, 0.15) is 54.6 Å². The third kappa shape index (κ3) is 5.78. The Morgan fingerprint density at radius 1 is 0.617 bits per heavy atom. The van der Waals surface area contributed by atoms with Gasteiger partial charge in [-0.3, -0.25) is 0 Å². The van der Waals surface area contributed by atoms with Crippen LogP contribution in [-0.4, -0.2) is 33.1 Å². The van der Waals surface area contributed by atoms with Crippen LogP contribution in [0.3, 0.4) is 0 Å². The summed E-state index contributed by atoms with van der Waals surface area (Å²) in [5.74, 6) is 2.06. The molecule has 0 bridgehead atoms. The molecule has 2 aliphatic heterocycles. The number of hydrogen-bond acceptors (Lipinski definition) is 5. The van der Waals surface area contributed by atoms with Crippen molar-refractivity contribution in [1.29, 1.82) is 0 Å². The molecule has 0 amide bonds. The summed E-state index contributed by atoms with van der Waals surface area (Å²) in [6.07, 6.45) is 24.1. The molecule has 6 aromatic rings. The van der Waals surface area contributed by atoms with Gasteiger partial charge in [0.05, 0.1) is 23.7 Å². The Morgan fingerprint density at radius 3 is 2.08 bits per heavy atom. The van der Waals surface area contributed by atoms with Gasteiger partial charge in [0.15, 0.2) is 11.6 Å². The Morgan fingerprint density at radius 2 is 1.30 bits per heavy atom. The maximum Gasteiger partial charge on any atom is 0.163 e. The van der Waals surface area contributed by atoms with Gasteiger partial charge in [-0.25, -0.2) is 15.0 Å². The zero-order valence-electron chi connectivity index (χ0n) is 34.2. The van der Waals surface area contributed by atoms with Crippen LogP contribution < -0.4 is 9.80 Å². The second kappa shape index (κ2) is 14.5. The van der Waals surface area contributed by atoms with Gasteiger partial charge in [-0.1, -0.05) is 176 Å². The quantitative estimate of drug-likeness (QED) is 0.174.